The zero-order chi connectivity index (χ0) is 11.2. The lowest BCUT2D eigenvalue weighted by Gasteiger charge is -2.36. The monoisotopic (exact) mass is 223 g/mol. The molecule has 2 aliphatic rings. The Morgan fingerprint density at radius 1 is 1.19 bits per heavy atom. The molecule has 0 saturated carbocycles. The van der Waals surface area contributed by atoms with Crippen LogP contribution in [0.15, 0.2) is 0 Å². The maximum Gasteiger partial charge on any atom is 0.0608 e. The van der Waals surface area contributed by atoms with Gasteiger partial charge in [-0.15, -0.1) is 6.42 Å². The van der Waals surface area contributed by atoms with Gasteiger partial charge in [0.05, 0.1) is 19.8 Å². The van der Waals surface area contributed by atoms with Crippen molar-refractivity contribution >= 4 is 0 Å². The van der Waals surface area contributed by atoms with Gasteiger partial charge in [-0.25, -0.2) is 5.01 Å². The van der Waals surface area contributed by atoms with E-state index < -0.39 is 0 Å². The molecular weight excluding hydrogens is 202 g/mol. The van der Waals surface area contributed by atoms with Gasteiger partial charge in [-0.3, -0.25) is 10.3 Å². The van der Waals surface area contributed by atoms with Gasteiger partial charge in [-0.2, -0.15) is 0 Å². The Labute approximate surface area is 97.9 Å². The molecule has 0 aromatic carbocycles. The number of nitrogens with zero attached hydrogens (tertiary/aromatic N) is 2. The van der Waals surface area contributed by atoms with E-state index in [4.69, 9.17) is 11.2 Å². The number of hydrazine groups is 1. The summed E-state index contributed by atoms with van der Waals surface area (Å²) in [6, 6.07) is 0.618. The van der Waals surface area contributed by atoms with E-state index >= 15 is 0 Å². The predicted molar refractivity (Wildman–Crippen MR) is 63.8 cm³/mol. The average molecular weight is 223 g/mol. The van der Waals surface area contributed by atoms with Gasteiger partial charge < -0.3 is 4.74 Å². The zero-order valence-corrected chi connectivity index (χ0v) is 9.82. The fourth-order valence-electron chi connectivity index (χ4n) is 2.30. The minimum Gasteiger partial charge on any atom is -0.379 e. The molecule has 0 amide bonds. The van der Waals surface area contributed by atoms with Crippen LogP contribution in [0, 0.1) is 12.3 Å². The minimum atomic E-state index is 0.618. The van der Waals surface area contributed by atoms with E-state index in [-0.39, 0.29) is 0 Å². The van der Waals surface area contributed by atoms with Crippen LogP contribution >= 0.6 is 0 Å². The van der Waals surface area contributed by atoms with Crippen LogP contribution in [0.4, 0.5) is 0 Å². The van der Waals surface area contributed by atoms with Crippen molar-refractivity contribution < 1.29 is 4.74 Å². The largest absolute Gasteiger partial charge is 0.379 e. The third-order valence-electron chi connectivity index (χ3n) is 3.28. The summed E-state index contributed by atoms with van der Waals surface area (Å²) < 4.78 is 5.33. The third-order valence-corrected chi connectivity index (χ3v) is 3.28. The summed E-state index contributed by atoms with van der Waals surface area (Å²) >= 11 is 0. The summed E-state index contributed by atoms with van der Waals surface area (Å²) in [6.45, 7) is 6.74. The van der Waals surface area contributed by atoms with Gasteiger partial charge in [0.25, 0.3) is 0 Å². The van der Waals surface area contributed by atoms with E-state index in [9.17, 15) is 0 Å². The number of rotatable bonds is 3. The van der Waals surface area contributed by atoms with Crippen LogP contribution in [0.2, 0.25) is 0 Å². The minimum absolute atomic E-state index is 0.618. The Bertz CT molecular complexity index is 237. The number of likely N-dealkylation sites (tertiary alicyclic amines) is 1. The second-order valence-corrected chi connectivity index (χ2v) is 4.48. The van der Waals surface area contributed by atoms with Crippen molar-refractivity contribution in [1.29, 1.82) is 0 Å². The van der Waals surface area contributed by atoms with Crippen LogP contribution in [0.3, 0.4) is 0 Å². The lowest BCUT2D eigenvalue weighted by Crippen LogP contribution is -2.53. The highest BCUT2D eigenvalue weighted by atomic mass is 16.5. The van der Waals surface area contributed by atoms with Gasteiger partial charge in [0.2, 0.25) is 0 Å². The standard InChI is InChI=1S/C12H21N3O/c1-2-5-14-6-3-12(4-7-14)13-15-8-10-16-11-9-15/h1,12-13H,3-11H2. The third kappa shape index (κ3) is 3.46. The average Bonchev–Trinajstić information content (AvgIpc) is 2.33. The molecule has 16 heavy (non-hydrogen) atoms. The topological polar surface area (TPSA) is 27.7 Å². The summed E-state index contributed by atoms with van der Waals surface area (Å²) in [5, 5.41) is 2.30. The molecule has 4 heteroatoms. The zero-order valence-electron chi connectivity index (χ0n) is 9.82. The van der Waals surface area contributed by atoms with E-state index in [0.717, 1.165) is 45.9 Å². The van der Waals surface area contributed by atoms with Crippen molar-refractivity contribution in [2.75, 3.05) is 45.9 Å². The first-order valence-electron chi connectivity index (χ1n) is 6.13. The van der Waals surface area contributed by atoms with Crippen molar-refractivity contribution in [2.45, 2.75) is 18.9 Å². The first-order chi connectivity index (χ1) is 7.88. The molecule has 0 bridgehead atoms. The van der Waals surface area contributed by atoms with Crippen LogP contribution in [0.1, 0.15) is 12.8 Å². The number of terminal acetylenes is 1. The molecule has 0 spiro atoms. The fraction of sp³-hybridized carbons (Fsp3) is 0.833. The maximum atomic E-state index is 5.33. The van der Waals surface area contributed by atoms with Crippen molar-refractivity contribution in [2.24, 2.45) is 0 Å². The molecule has 4 nitrogen and oxygen atoms in total. The first-order valence-corrected chi connectivity index (χ1v) is 6.13. The number of hydrogen-bond acceptors (Lipinski definition) is 4. The summed E-state index contributed by atoms with van der Waals surface area (Å²) in [6.07, 6.45) is 7.70. The number of morpholine rings is 1. The van der Waals surface area contributed by atoms with Crippen molar-refractivity contribution in [1.82, 2.24) is 15.3 Å². The Morgan fingerprint density at radius 3 is 2.50 bits per heavy atom. The van der Waals surface area contributed by atoms with Crippen LogP contribution < -0.4 is 5.43 Å². The summed E-state index contributed by atoms with van der Waals surface area (Å²) in [5.41, 5.74) is 3.60. The fourth-order valence-corrected chi connectivity index (χ4v) is 2.30. The van der Waals surface area contributed by atoms with Gasteiger partial charge >= 0.3 is 0 Å². The van der Waals surface area contributed by atoms with Crippen LogP contribution in [-0.2, 0) is 4.74 Å². The molecule has 2 saturated heterocycles. The Hall–Kier alpha value is -0.600. The number of piperidine rings is 1. The maximum absolute atomic E-state index is 5.33. The van der Waals surface area contributed by atoms with Crippen molar-refractivity contribution in [3.05, 3.63) is 0 Å². The van der Waals surface area contributed by atoms with Crippen molar-refractivity contribution in [3.8, 4) is 12.3 Å². The highest BCUT2D eigenvalue weighted by Gasteiger charge is 2.21. The quantitative estimate of drug-likeness (QED) is 0.677. The van der Waals surface area contributed by atoms with E-state index in [0.29, 0.717) is 6.04 Å². The van der Waals surface area contributed by atoms with E-state index in [1.807, 2.05) is 0 Å². The smallest absolute Gasteiger partial charge is 0.0608 e. The summed E-state index contributed by atoms with van der Waals surface area (Å²) in [5.74, 6) is 2.71. The molecule has 2 rings (SSSR count). The molecule has 0 aromatic rings. The predicted octanol–water partition coefficient (Wildman–Crippen LogP) is -0.0792. The number of ether oxygens (including phenoxy) is 1. The first kappa shape index (κ1) is 11.9. The second kappa shape index (κ2) is 6.21. The molecule has 2 fully saturated rings. The lowest BCUT2D eigenvalue weighted by molar-refractivity contribution is -0.00229. The summed E-state index contributed by atoms with van der Waals surface area (Å²) in [4.78, 5) is 2.34. The molecule has 0 unspecified atom stereocenters. The van der Waals surface area contributed by atoms with Crippen LogP contribution in [-0.4, -0.2) is 61.9 Å². The van der Waals surface area contributed by atoms with Crippen LogP contribution in [0.5, 0.6) is 0 Å². The normalized spacial score (nSPS) is 25.4. The van der Waals surface area contributed by atoms with Gasteiger partial charge in [-0.1, -0.05) is 5.92 Å². The molecule has 0 radical (unpaired) electrons. The molecule has 0 aromatic heterocycles. The Morgan fingerprint density at radius 2 is 1.88 bits per heavy atom. The Balaban J connectivity index is 1.66. The second-order valence-electron chi connectivity index (χ2n) is 4.48. The number of nitrogens with one attached hydrogen (secondary N) is 1. The molecule has 1 N–H and O–H groups in total. The molecule has 2 aliphatic heterocycles. The molecule has 2 heterocycles. The van der Waals surface area contributed by atoms with Gasteiger partial charge in [0.1, 0.15) is 0 Å². The molecule has 0 aliphatic carbocycles. The van der Waals surface area contributed by atoms with E-state index in [1.165, 1.54) is 12.8 Å². The van der Waals surface area contributed by atoms with Gasteiger partial charge in [0.15, 0.2) is 0 Å². The molecular formula is C12H21N3O. The molecule has 90 valence electrons. The van der Waals surface area contributed by atoms with E-state index in [1.54, 1.807) is 0 Å². The van der Waals surface area contributed by atoms with Crippen molar-refractivity contribution in [3.63, 3.8) is 0 Å². The highest BCUT2D eigenvalue weighted by Crippen LogP contribution is 2.10. The van der Waals surface area contributed by atoms with E-state index in [2.05, 4.69) is 21.3 Å². The Kier molecular flexibility index (Phi) is 4.61. The van der Waals surface area contributed by atoms with Crippen LogP contribution in [0.25, 0.3) is 0 Å². The highest BCUT2D eigenvalue weighted by molar-refractivity contribution is 4.90. The summed E-state index contributed by atoms with van der Waals surface area (Å²) in [7, 11) is 0. The van der Waals surface area contributed by atoms with Gasteiger partial charge in [-0.05, 0) is 12.8 Å². The lowest BCUT2D eigenvalue weighted by atomic mass is 10.1. The van der Waals surface area contributed by atoms with Gasteiger partial charge in [0, 0.05) is 32.2 Å². The number of hydrogen-bond donors (Lipinski definition) is 1. The SMILES string of the molecule is C#CCN1CCC(NN2CCOCC2)CC1. The molecule has 0 atom stereocenters.